The SMILES string of the molecule is Cc1ncsc1-c1ccc([C@H](C)NC(=O)[C@@H]2C[C@@H](O)CN2C(=O)C(c2cc(C3CCC(c4cnc(N5CCC(c6c[nH]c7nnc(-c8ccccc8O)cc67)CC5)nc4)CC3)no2)C(C)C)cc1. The van der Waals surface area contributed by atoms with Crippen LogP contribution in [-0.2, 0) is 9.59 Å². The molecule has 2 saturated heterocycles. The number of nitrogens with one attached hydrogen (secondary N) is 2. The summed E-state index contributed by atoms with van der Waals surface area (Å²) in [5.74, 6) is 1.02. The van der Waals surface area contributed by atoms with Crippen molar-refractivity contribution < 1.29 is 24.3 Å². The number of phenolic OH excluding ortho intramolecular Hbond substituents is 1. The van der Waals surface area contributed by atoms with E-state index in [9.17, 15) is 19.8 Å². The number of thiazole rings is 1. The average Bonchev–Trinajstić information content (AvgIpc) is 4.19. The highest BCUT2D eigenvalue weighted by Crippen LogP contribution is 2.42. The number of carbonyl (C=O) groups is 2. The van der Waals surface area contributed by atoms with Crippen LogP contribution >= 0.6 is 11.3 Å². The first kappa shape index (κ1) is 45.3. The normalized spacial score (nSPS) is 21.1. The summed E-state index contributed by atoms with van der Waals surface area (Å²) in [6, 6.07) is 18.2. The van der Waals surface area contributed by atoms with E-state index < -0.39 is 18.1 Å². The molecular formula is C52H58N10O5S. The summed E-state index contributed by atoms with van der Waals surface area (Å²) in [6.45, 7) is 9.64. The highest BCUT2D eigenvalue weighted by atomic mass is 32.1. The quantitative estimate of drug-likeness (QED) is 0.0909. The Morgan fingerprint density at radius 2 is 1.63 bits per heavy atom. The van der Waals surface area contributed by atoms with E-state index in [1.54, 1.807) is 23.5 Å². The first-order valence-corrected chi connectivity index (χ1v) is 24.8. The van der Waals surface area contributed by atoms with Gasteiger partial charge in [-0.3, -0.25) is 9.59 Å². The average molecular weight is 935 g/mol. The van der Waals surface area contributed by atoms with Gasteiger partial charge in [0.15, 0.2) is 5.65 Å². The third kappa shape index (κ3) is 9.10. The van der Waals surface area contributed by atoms with Gasteiger partial charge in [0.05, 0.1) is 39.6 Å². The molecule has 3 fully saturated rings. The zero-order chi connectivity index (χ0) is 47.1. The number of aromatic nitrogens is 7. The molecule has 0 bridgehead atoms. The number of aryl methyl sites for hydroxylation is 1. The van der Waals surface area contributed by atoms with E-state index in [1.807, 2.05) is 100 Å². The lowest BCUT2D eigenvalue weighted by Gasteiger charge is -2.32. The summed E-state index contributed by atoms with van der Waals surface area (Å²) < 4.78 is 5.96. The largest absolute Gasteiger partial charge is 0.507 e. The van der Waals surface area contributed by atoms with Crippen molar-refractivity contribution in [3.05, 3.63) is 119 Å². The number of para-hydroxylation sites is 1. The standard InChI is InChI=1S/C52H58N10O5S/c1-29(2)47(51(66)62-27-38(63)21-44(62)50(65)57-30(3)32-9-15-36(16-10-32)48-31(4)56-28-68-48)46-23-42(60-67-46)35-13-11-33(12-14-35)37-24-54-52(55-25-37)61-19-17-34(18-20-61)41-26-53-49-40(41)22-43(58-59-49)39-7-5-6-8-45(39)64/h5-10,15-16,22-26,28-30,33-35,38,44,47,63-64H,11-14,17-21,27H2,1-4H3,(H,53,59)(H,57,65)/t30-,33?,35?,38+,44-,47?/m0/s1. The van der Waals surface area contributed by atoms with Gasteiger partial charge in [0.1, 0.15) is 23.5 Å². The van der Waals surface area contributed by atoms with Gasteiger partial charge in [0, 0.05) is 67.6 Å². The highest BCUT2D eigenvalue weighted by molar-refractivity contribution is 7.13. The Hall–Kier alpha value is -6.52. The van der Waals surface area contributed by atoms with Gasteiger partial charge in [-0.25, -0.2) is 15.0 Å². The van der Waals surface area contributed by atoms with Crippen molar-refractivity contribution in [2.75, 3.05) is 24.5 Å². The molecule has 352 valence electrons. The number of aliphatic hydroxyl groups is 1. The molecule has 7 heterocycles. The maximum absolute atomic E-state index is 14.4. The number of likely N-dealkylation sites (tertiary alicyclic amines) is 1. The Balaban J connectivity index is 0.726. The lowest BCUT2D eigenvalue weighted by molar-refractivity contribution is -0.141. The number of nitrogens with zero attached hydrogens (tertiary/aromatic N) is 8. The Bertz CT molecular complexity index is 2880. The zero-order valence-electron chi connectivity index (χ0n) is 38.9. The van der Waals surface area contributed by atoms with Crippen LogP contribution < -0.4 is 10.2 Å². The van der Waals surface area contributed by atoms with Crippen LogP contribution in [0.4, 0.5) is 5.95 Å². The van der Waals surface area contributed by atoms with Gasteiger partial charge in [-0.1, -0.05) is 55.4 Å². The first-order chi connectivity index (χ1) is 33.0. The molecule has 2 amide bonds. The molecule has 68 heavy (non-hydrogen) atoms. The lowest BCUT2D eigenvalue weighted by Crippen LogP contribution is -2.48. The number of fused-ring (bicyclic) bond motifs is 1. The molecular weight excluding hydrogens is 877 g/mol. The minimum Gasteiger partial charge on any atom is -0.507 e. The minimum absolute atomic E-state index is 0.0815. The Kier molecular flexibility index (Phi) is 12.8. The number of benzene rings is 2. The van der Waals surface area contributed by atoms with Crippen LogP contribution in [0.2, 0.25) is 0 Å². The summed E-state index contributed by atoms with van der Waals surface area (Å²) in [5, 5.41) is 38.6. The molecule has 5 aromatic heterocycles. The number of anilines is 1. The summed E-state index contributed by atoms with van der Waals surface area (Å²) in [4.78, 5) is 50.5. The summed E-state index contributed by atoms with van der Waals surface area (Å²) in [5.41, 5.74) is 10.1. The number of amides is 2. The van der Waals surface area contributed by atoms with Crippen molar-refractivity contribution in [2.24, 2.45) is 5.92 Å². The number of hydrogen-bond acceptors (Lipinski definition) is 13. The fraction of sp³-hybridized carbons (Fsp3) is 0.423. The number of hydrogen-bond donors (Lipinski definition) is 4. The van der Waals surface area contributed by atoms with Crippen molar-refractivity contribution in [2.45, 2.75) is 114 Å². The summed E-state index contributed by atoms with van der Waals surface area (Å²) in [6.07, 6.45) is 11.1. The van der Waals surface area contributed by atoms with Crippen molar-refractivity contribution in [1.82, 2.24) is 45.5 Å². The van der Waals surface area contributed by atoms with Crippen LogP contribution in [0, 0.1) is 12.8 Å². The Morgan fingerprint density at radius 1 is 0.897 bits per heavy atom. The van der Waals surface area contributed by atoms with E-state index in [-0.39, 0.29) is 48.4 Å². The second-order valence-electron chi connectivity index (χ2n) is 19.3. The number of aliphatic hydroxyl groups excluding tert-OH is 1. The molecule has 4 N–H and O–H groups in total. The molecule has 2 aliphatic heterocycles. The molecule has 1 unspecified atom stereocenters. The number of phenols is 1. The monoisotopic (exact) mass is 934 g/mol. The Labute approximate surface area is 399 Å². The van der Waals surface area contributed by atoms with Gasteiger partial charge in [-0.2, -0.15) is 0 Å². The van der Waals surface area contributed by atoms with Crippen LogP contribution in [0.3, 0.4) is 0 Å². The fourth-order valence-electron chi connectivity index (χ4n) is 10.7. The third-order valence-electron chi connectivity index (χ3n) is 14.6. The third-order valence-corrected chi connectivity index (χ3v) is 15.5. The van der Waals surface area contributed by atoms with E-state index >= 15 is 0 Å². The van der Waals surface area contributed by atoms with E-state index in [4.69, 9.17) is 14.5 Å². The van der Waals surface area contributed by atoms with Gasteiger partial charge in [0.2, 0.25) is 17.8 Å². The molecule has 7 aromatic rings. The number of aromatic hydroxyl groups is 1. The van der Waals surface area contributed by atoms with Gasteiger partial charge in [-0.05, 0) is 111 Å². The van der Waals surface area contributed by atoms with Crippen molar-refractivity contribution in [3.63, 3.8) is 0 Å². The highest BCUT2D eigenvalue weighted by Gasteiger charge is 2.44. The molecule has 3 aliphatic rings. The summed E-state index contributed by atoms with van der Waals surface area (Å²) >= 11 is 1.60. The molecule has 10 rings (SSSR count). The first-order valence-electron chi connectivity index (χ1n) is 23.9. The van der Waals surface area contributed by atoms with E-state index in [2.05, 4.69) is 35.5 Å². The molecule has 15 nitrogen and oxygen atoms in total. The van der Waals surface area contributed by atoms with E-state index in [0.29, 0.717) is 28.9 Å². The maximum atomic E-state index is 14.4. The van der Waals surface area contributed by atoms with Gasteiger partial charge in [-0.15, -0.1) is 21.5 Å². The fourth-order valence-corrected chi connectivity index (χ4v) is 11.5. The molecule has 0 spiro atoms. The molecule has 1 aliphatic carbocycles. The number of piperidine rings is 1. The molecule has 16 heteroatoms. The van der Waals surface area contributed by atoms with Crippen molar-refractivity contribution in [3.8, 4) is 27.4 Å². The predicted octanol–water partition coefficient (Wildman–Crippen LogP) is 8.94. The second kappa shape index (κ2) is 19.2. The number of aromatic amines is 1. The molecule has 1 saturated carbocycles. The molecule has 4 atom stereocenters. The van der Waals surface area contributed by atoms with E-state index in [0.717, 1.165) is 102 Å². The number of rotatable bonds is 12. The predicted molar refractivity (Wildman–Crippen MR) is 260 cm³/mol. The van der Waals surface area contributed by atoms with Gasteiger partial charge in [0.25, 0.3) is 0 Å². The lowest BCUT2D eigenvalue weighted by atomic mass is 9.78. The molecule has 0 radical (unpaired) electrons. The van der Waals surface area contributed by atoms with Gasteiger partial charge < -0.3 is 34.8 Å². The van der Waals surface area contributed by atoms with Crippen LogP contribution in [0.1, 0.15) is 129 Å². The zero-order valence-corrected chi connectivity index (χ0v) is 39.7. The maximum Gasteiger partial charge on any atom is 0.243 e. The minimum atomic E-state index is -0.805. The van der Waals surface area contributed by atoms with Crippen molar-refractivity contribution >= 4 is 40.1 Å². The van der Waals surface area contributed by atoms with Gasteiger partial charge >= 0.3 is 0 Å². The van der Waals surface area contributed by atoms with Crippen LogP contribution in [0.25, 0.3) is 32.7 Å². The topological polar surface area (TPSA) is 199 Å². The number of β-amino-alcohol motifs (C(OH)–C–C–N with tert-alkyl or cyclic N) is 1. The van der Waals surface area contributed by atoms with E-state index in [1.165, 1.54) is 10.5 Å². The van der Waals surface area contributed by atoms with Crippen LogP contribution in [-0.4, -0.2) is 94.0 Å². The number of H-pyrrole nitrogens is 1. The number of carbonyl (C=O) groups excluding carboxylic acids is 2. The van der Waals surface area contributed by atoms with Crippen molar-refractivity contribution in [1.29, 1.82) is 0 Å². The summed E-state index contributed by atoms with van der Waals surface area (Å²) in [7, 11) is 0. The second-order valence-corrected chi connectivity index (χ2v) is 20.1. The Morgan fingerprint density at radius 3 is 2.34 bits per heavy atom. The van der Waals surface area contributed by atoms with Crippen LogP contribution in [0.15, 0.2) is 89.3 Å². The molecule has 2 aromatic carbocycles. The smallest absolute Gasteiger partial charge is 0.243 e. The van der Waals surface area contributed by atoms with Crippen LogP contribution in [0.5, 0.6) is 5.75 Å².